The summed E-state index contributed by atoms with van der Waals surface area (Å²) in [5, 5.41) is 12.6. The van der Waals surface area contributed by atoms with E-state index >= 15 is 0 Å². The van der Waals surface area contributed by atoms with Crippen molar-refractivity contribution >= 4 is 29.2 Å². The fraction of sp³-hybridized carbons (Fsp3) is 0.167. The number of nitrogens with zero attached hydrogens (tertiary/aromatic N) is 3. The predicted octanol–water partition coefficient (Wildman–Crippen LogP) is 5.24. The van der Waals surface area contributed by atoms with Crippen LogP contribution in [0.25, 0.3) is 11.3 Å². The molecule has 0 aliphatic rings. The van der Waals surface area contributed by atoms with Gasteiger partial charge in [-0.3, -0.25) is 4.99 Å². The zero-order chi connectivity index (χ0) is 16.9. The zero-order valence-corrected chi connectivity index (χ0v) is 14.5. The van der Waals surface area contributed by atoms with Gasteiger partial charge in [-0.1, -0.05) is 11.6 Å². The van der Waals surface area contributed by atoms with E-state index in [-0.39, 0.29) is 0 Å². The molecule has 0 fully saturated rings. The molecular weight excluding hydrogens is 342 g/mol. The number of halogens is 1. The topological polar surface area (TPSA) is 62.2 Å². The highest BCUT2D eigenvalue weighted by Gasteiger charge is 2.11. The third-order valence-electron chi connectivity index (χ3n) is 3.33. The average Bonchev–Trinajstić information content (AvgIpc) is 3.22. The van der Waals surface area contributed by atoms with Crippen molar-refractivity contribution in [3.05, 3.63) is 63.3 Å². The second-order valence-corrected chi connectivity index (χ2v) is 6.52. The van der Waals surface area contributed by atoms with E-state index in [1.807, 2.05) is 48.7 Å². The first-order chi connectivity index (χ1) is 11.7. The Labute approximate surface area is 149 Å². The molecule has 0 bridgehead atoms. The number of aliphatic imine (C=N–C) groups is 1. The quantitative estimate of drug-likeness (QED) is 0.587. The van der Waals surface area contributed by atoms with E-state index in [1.165, 1.54) is 11.3 Å². The number of hydrogen-bond acceptors (Lipinski definition) is 5. The third kappa shape index (κ3) is 3.91. The van der Waals surface area contributed by atoms with Crippen LogP contribution in [0.15, 0.2) is 51.2 Å². The van der Waals surface area contributed by atoms with Gasteiger partial charge < -0.3 is 4.42 Å². The minimum Gasteiger partial charge on any atom is -0.459 e. The van der Waals surface area contributed by atoms with Gasteiger partial charge in [0, 0.05) is 27.9 Å². The molecule has 3 aromatic rings. The van der Waals surface area contributed by atoms with Gasteiger partial charge >= 0.3 is 0 Å². The van der Waals surface area contributed by atoms with E-state index in [1.54, 1.807) is 6.21 Å². The molecule has 4 nitrogen and oxygen atoms in total. The maximum atomic E-state index is 9.25. The molecule has 6 heteroatoms. The first-order valence-electron chi connectivity index (χ1n) is 7.32. The fourth-order valence-corrected chi connectivity index (χ4v) is 3.07. The second kappa shape index (κ2) is 7.43. The first kappa shape index (κ1) is 16.4. The minimum absolute atomic E-state index is 0.385. The largest absolute Gasteiger partial charge is 0.459 e. The molecule has 0 amide bonds. The second-order valence-electron chi connectivity index (χ2n) is 5.20. The molecule has 1 aromatic carbocycles. The summed E-state index contributed by atoms with van der Waals surface area (Å²) in [7, 11) is 0. The van der Waals surface area contributed by atoms with Gasteiger partial charge in [0.2, 0.25) is 0 Å². The van der Waals surface area contributed by atoms with E-state index in [9.17, 15) is 5.26 Å². The van der Waals surface area contributed by atoms with E-state index < -0.39 is 5.92 Å². The molecular formula is C18H14ClN3OS. The third-order valence-corrected chi connectivity index (χ3v) is 4.63. The summed E-state index contributed by atoms with van der Waals surface area (Å²) < 4.78 is 5.78. The summed E-state index contributed by atoms with van der Waals surface area (Å²) in [4.78, 5) is 8.65. The summed E-state index contributed by atoms with van der Waals surface area (Å²) in [6, 6.07) is 13.5. The maximum Gasteiger partial charge on any atom is 0.134 e. The number of furan rings is 1. The van der Waals surface area contributed by atoms with Crippen molar-refractivity contribution in [1.29, 1.82) is 5.26 Å². The Morgan fingerprint density at radius 2 is 2.12 bits per heavy atom. The molecule has 0 saturated heterocycles. The van der Waals surface area contributed by atoms with Crippen molar-refractivity contribution < 1.29 is 4.42 Å². The SMILES string of the molecule is Cc1csc([C@@H](C#N)C=NCc2ccc(-c3ccc(Cl)cc3)o2)n1. The summed E-state index contributed by atoms with van der Waals surface area (Å²) >= 11 is 7.36. The highest BCUT2D eigenvalue weighted by Crippen LogP contribution is 2.24. The van der Waals surface area contributed by atoms with Gasteiger partial charge in [0.15, 0.2) is 0 Å². The molecule has 0 aliphatic heterocycles. The summed E-state index contributed by atoms with van der Waals surface area (Å²) in [6.07, 6.45) is 1.63. The number of nitriles is 1. The summed E-state index contributed by atoms with van der Waals surface area (Å²) in [5.41, 5.74) is 1.88. The van der Waals surface area contributed by atoms with Crippen molar-refractivity contribution in [2.45, 2.75) is 19.4 Å². The minimum atomic E-state index is -0.422. The molecule has 1 atom stereocenters. The van der Waals surface area contributed by atoms with Crippen molar-refractivity contribution in [1.82, 2.24) is 4.98 Å². The molecule has 0 spiro atoms. The lowest BCUT2D eigenvalue weighted by molar-refractivity contribution is 0.526. The van der Waals surface area contributed by atoms with Crippen LogP contribution in [-0.4, -0.2) is 11.2 Å². The van der Waals surface area contributed by atoms with Crippen molar-refractivity contribution in [3.8, 4) is 17.4 Å². The Morgan fingerprint density at radius 1 is 1.33 bits per heavy atom. The van der Waals surface area contributed by atoms with Crippen LogP contribution >= 0.6 is 22.9 Å². The number of benzene rings is 1. The Morgan fingerprint density at radius 3 is 2.79 bits per heavy atom. The first-order valence-corrected chi connectivity index (χ1v) is 8.57. The van der Waals surface area contributed by atoms with E-state index in [2.05, 4.69) is 16.0 Å². The number of aryl methyl sites for hydroxylation is 1. The molecule has 0 saturated carbocycles. The fourth-order valence-electron chi connectivity index (χ4n) is 2.15. The molecule has 2 aromatic heterocycles. The van der Waals surface area contributed by atoms with Crippen LogP contribution in [0.5, 0.6) is 0 Å². The van der Waals surface area contributed by atoms with Gasteiger partial charge in [0.1, 0.15) is 22.4 Å². The van der Waals surface area contributed by atoms with Crippen LogP contribution in [0.2, 0.25) is 5.02 Å². The Balaban J connectivity index is 1.66. The molecule has 0 unspecified atom stereocenters. The number of thiazole rings is 1. The van der Waals surface area contributed by atoms with Gasteiger partial charge in [-0.2, -0.15) is 5.26 Å². The lowest BCUT2D eigenvalue weighted by Gasteiger charge is -1.98. The zero-order valence-electron chi connectivity index (χ0n) is 12.9. The van der Waals surface area contributed by atoms with Gasteiger partial charge in [-0.25, -0.2) is 4.98 Å². The standard InChI is InChI=1S/C18H14ClN3OS/c1-12-11-24-18(22-12)14(8-20)9-21-10-16-6-7-17(23-16)13-2-4-15(19)5-3-13/h2-7,9,11,14H,10H2,1H3/t14-/m0/s1. The molecule has 0 aliphatic carbocycles. The predicted molar refractivity (Wildman–Crippen MR) is 96.6 cm³/mol. The van der Waals surface area contributed by atoms with Gasteiger partial charge in [-0.15, -0.1) is 11.3 Å². The smallest absolute Gasteiger partial charge is 0.134 e. The lowest BCUT2D eigenvalue weighted by Crippen LogP contribution is -1.97. The van der Waals surface area contributed by atoms with E-state index in [4.69, 9.17) is 16.0 Å². The normalized spacial score (nSPS) is 12.4. The van der Waals surface area contributed by atoms with Gasteiger partial charge in [0.05, 0.1) is 12.6 Å². The van der Waals surface area contributed by atoms with Crippen LogP contribution in [0.3, 0.4) is 0 Å². The highest BCUT2D eigenvalue weighted by atomic mass is 35.5. The van der Waals surface area contributed by atoms with Crippen LogP contribution in [-0.2, 0) is 6.54 Å². The van der Waals surface area contributed by atoms with Crippen molar-refractivity contribution in [2.75, 3.05) is 0 Å². The molecule has 120 valence electrons. The number of aromatic nitrogens is 1. The Hall–Kier alpha value is -2.42. The molecule has 2 heterocycles. The monoisotopic (exact) mass is 355 g/mol. The molecule has 24 heavy (non-hydrogen) atoms. The lowest BCUT2D eigenvalue weighted by atomic mass is 10.2. The number of rotatable bonds is 5. The average molecular weight is 356 g/mol. The van der Waals surface area contributed by atoms with Gasteiger partial charge in [0.25, 0.3) is 0 Å². The van der Waals surface area contributed by atoms with Gasteiger partial charge in [-0.05, 0) is 43.3 Å². The van der Waals surface area contributed by atoms with E-state index in [0.29, 0.717) is 11.6 Å². The summed E-state index contributed by atoms with van der Waals surface area (Å²) in [5.74, 6) is 1.09. The van der Waals surface area contributed by atoms with E-state index in [0.717, 1.165) is 27.8 Å². The van der Waals surface area contributed by atoms with Crippen LogP contribution in [0, 0.1) is 18.3 Å². The van der Waals surface area contributed by atoms with Crippen LogP contribution in [0.4, 0.5) is 0 Å². The highest BCUT2D eigenvalue weighted by molar-refractivity contribution is 7.09. The Bertz CT molecular complexity index is 890. The molecule has 3 rings (SSSR count). The maximum absolute atomic E-state index is 9.25. The molecule has 0 radical (unpaired) electrons. The van der Waals surface area contributed by atoms with Crippen molar-refractivity contribution in [3.63, 3.8) is 0 Å². The van der Waals surface area contributed by atoms with Crippen LogP contribution in [0.1, 0.15) is 22.4 Å². The Kier molecular flexibility index (Phi) is 5.09. The van der Waals surface area contributed by atoms with Crippen molar-refractivity contribution in [2.24, 2.45) is 4.99 Å². The van der Waals surface area contributed by atoms with Crippen LogP contribution < -0.4 is 0 Å². The summed E-state index contributed by atoms with van der Waals surface area (Å²) in [6.45, 7) is 2.29. The number of hydrogen-bond donors (Lipinski definition) is 0. The molecule has 0 N–H and O–H groups in total.